The maximum atomic E-state index is 10.9. The number of aromatic carboxylic acids is 1. The van der Waals surface area contributed by atoms with Crippen LogP contribution in [0.5, 0.6) is 0 Å². The Labute approximate surface area is 96.1 Å². The molecular weight excluding hydrogens is 230 g/mol. The Morgan fingerprint density at radius 1 is 1.59 bits per heavy atom. The largest absolute Gasteiger partial charge is 0.478 e. The summed E-state index contributed by atoms with van der Waals surface area (Å²) in [6.45, 7) is 0.296. The van der Waals surface area contributed by atoms with E-state index in [2.05, 4.69) is 10.3 Å². The smallest absolute Gasteiger partial charge is 0.339 e. The highest BCUT2D eigenvalue weighted by Gasteiger charge is 2.16. The number of hydrogen-bond donors (Lipinski definition) is 3. The van der Waals surface area contributed by atoms with Gasteiger partial charge in [-0.05, 0) is 6.42 Å². The van der Waals surface area contributed by atoms with Crippen LogP contribution in [0.25, 0.3) is 0 Å². The van der Waals surface area contributed by atoms with Crippen LogP contribution in [-0.4, -0.2) is 39.2 Å². The quantitative estimate of drug-likeness (QED) is 0.375. The summed E-state index contributed by atoms with van der Waals surface area (Å²) in [5, 5.41) is 30.6. The molecule has 0 atom stereocenters. The van der Waals surface area contributed by atoms with Gasteiger partial charge in [0.05, 0.1) is 4.92 Å². The zero-order chi connectivity index (χ0) is 12.8. The molecule has 0 saturated heterocycles. The third kappa shape index (κ3) is 3.38. The van der Waals surface area contributed by atoms with E-state index in [-0.39, 0.29) is 23.7 Å². The molecule has 8 nitrogen and oxygen atoms in total. The van der Waals surface area contributed by atoms with Gasteiger partial charge < -0.3 is 15.5 Å². The third-order valence-electron chi connectivity index (χ3n) is 1.94. The Morgan fingerprint density at radius 3 is 2.82 bits per heavy atom. The van der Waals surface area contributed by atoms with Gasteiger partial charge in [-0.25, -0.2) is 9.78 Å². The lowest BCUT2D eigenvalue weighted by Crippen LogP contribution is -2.11. The van der Waals surface area contributed by atoms with Crippen molar-refractivity contribution in [1.29, 1.82) is 0 Å². The molecule has 0 aliphatic rings. The molecule has 17 heavy (non-hydrogen) atoms. The van der Waals surface area contributed by atoms with Gasteiger partial charge >= 0.3 is 5.97 Å². The van der Waals surface area contributed by atoms with Crippen LogP contribution in [0.1, 0.15) is 16.8 Å². The molecule has 1 aromatic rings. The summed E-state index contributed by atoms with van der Waals surface area (Å²) < 4.78 is 0. The fourth-order valence-corrected chi connectivity index (χ4v) is 1.14. The van der Waals surface area contributed by atoms with E-state index >= 15 is 0 Å². The molecule has 1 heterocycles. The van der Waals surface area contributed by atoms with E-state index in [0.717, 1.165) is 12.3 Å². The monoisotopic (exact) mass is 241 g/mol. The molecule has 1 rings (SSSR count). The number of nitrogens with one attached hydrogen (secondary N) is 1. The molecule has 0 aromatic carbocycles. The average molecular weight is 241 g/mol. The van der Waals surface area contributed by atoms with E-state index in [1.54, 1.807) is 0 Å². The highest BCUT2D eigenvalue weighted by atomic mass is 16.6. The number of pyridine rings is 1. The first kappa shape index (κ1) is 12.8. The molecule has 0 saturated carbocycles. The molecule has 0 radical (unpaired) electrons. The first-order valence-electron chi connectivity index (χ1n) is 4.78. The van der Waals surface area contributed by atoms with Crippen LogP contribution >= 0.6 is 0 Å². The van der Waals surface area contributed by atoms with E-state index in [1.807, 2.05) is 0 Å². The summed E-state index contributed by atoms with van der Waals surface area (Å²) in [6.07, 6.45) is 1.41. The normalized spacial score (nSPS) is 9.94. The molecule has 1 aromatic heterocycles. The fraction of sp³-hybridized carbons (Fsp3) is 0.333. The molecule has 3 N–H and O–H groups in total. The second-order valence-electron chi connectivity index (χ2n) is 3.16. The van der Waals surface area contributed by atoms with Crippen molar-refractivity contribution < 1.29 is 19.9 Å². The minimum absolute atomic E-state index is 0.0393. The van der Waals surface area contributed by atoms with Crippen molar-refractivity contribution in [3.05, 3.63) is 27.9 Å². The van der Waals surface area contributed by atoms with Gasteiger partial charge in [0.25, 0.3) is 5.69 Å². The second kappa shape index (κ2) is 5.75. The Bertz CT molecular complexity index is 435. The summed E-state index contributed by atoms with van der Waals surface area (Å²) in [5.74, 6) is -1.25. The molecule has 8 heteroatoms. The number of nitro groups is 1. The summed E-state index contributed by atoms with van der Waals surface area (Å²) >= 11 is 0. The maximum absolute atomic E-state index is 10.9. The third-order valence-corrected chi connectivity index (χ3v) is 1.94. The minimum Gasteiger partial charge on any atom is -0.478 e. The van der Waals surface area contributed by atoms with Gasteiger partial charge in [-0.2, -0.15) is 0 Å². The molecule has 0 fully saturated rings. The second-order valence-corrected chi connectivity index (χ2v) is 3.16. The summed E-state index contributed by atoms with van der Waals surface area (Å²) in [7, 11) is 0. The molecule has 0 bridgehead atoms. The molecular formula is C9H11N3O5. The number of carboxylic acids is 1. The lowest BCUT2D eigenvalue weighted by Gasteiger charge is -2.07. The van der Waals surface area contributed by atoms with Crippen molar-refractivity contribution in [1.82, 2.24) is 4.98 Å². The fourth-order valence-electron chi connectivity index (χ4n) is 1.14. The summed E-state index contributed by atoms with van der Waals surface area (Å²) in [6, 6.07) is 0.941. The van der Waals surface area contributed by atoms with Crippen molar-refractivity contribution in [3.63, 3.8) is 0 Å². The van der Waals surface area contributed by atoms with Gasteiger partial charge in [-0.1, -0.05) is 0 Å². The van der Waals surface area contributed by atoms with Crippen molar-refractivity contribution in [2.75, 3.05) is 18.5 Å². The first-order valence-corrected chi connectivity index (χ1v) is 4.78. The molecule has 92 valence electrons. The molecule has 0 aliphatic heterocycles. The van der Waals surface area contributed by atoms with Gasteiger partial charge in [-0.3, -0.25) is 10.1 Å². The van der Waals surface area contributed by atoms with Crippen LogP contribution in [-0.2, 0) is 0 Å². The van der Waals surface area contributed by atoms with E-state index in [0.29, 0.717) is 13.0 Å². The minimum atomic E-state index is -1.30. The number of aromatic nitrogens is 1. The van der Waals surface area contributed by atoms with Crippen LogP contribution in [0.3, 0.4) is 0 Å². The van der Waals surface area contributed by atoms with E-state index in [9.17, 15) is 14.9 Å². The van der Waals surface area contributed by atoms with Crippen molar-refractivity contribution in [2.45, 2.75) is 6.42 Å². The maximum Gasteiger partial charge on any atom is 0.339 e. The van der Waals surface area contributed by atoms with Crippen LogP contribution in [0, 0.1) is 10.1 Å². The molecule has 0 amide bonds. The Hall–Kier alpha value is -2.22. The first-order chi connectivity index (χ1) is 8.06. The highest BCUT2D eigenvalue weighted by molar-refractivity contribution is 5.93. The topological polar surface area (TPSA) is 126 Å². The SMILES string of the molecule is O=C(O)c1cc([N+](=O)[O-])cnc1NCCCO. The van der Waals surface area contributed by atoms with Crippen LogP contribution in [0.2, 0.25) is 0 Å². The Kier molecular flexibility index (Phi) is 4.35. The molecule has 0 spiro atoms. The summed E-state index contributed by atoms with van der Waals surface area (Å²) in [5.41, 5.74) is -0.646. The zero-order valence-corrected chi connectivity index (χ0v) is 8.79. The van der Waals surface area contributed by atoms with Crippen molar-refractivity contribution in [3.8, 4) is 0 Å². The van der Waals surface area contributed by atoms with Crippen molar-refractivity contribution in [2.24, 2.45) is 0 Å². The number of aliphatic hydroxyl groups excluding tert-OH is 1. The lowest BCUT2D eigenvalue weighted by atomic mass is 10.2. The van der Waals surface area contributed by atoms with E-state index in [4.69, 9.17) is 10.2 Å². The van der Waals surface area contributed by atoms with Gasteiger partial charge in [-0.15, -0.1) is 0 Å². The van der Waals surface area contributed by atoms with Gasteiger partial charge in [0.15, 0.2) is 0 Å². The van der Waals surface area contributed by atoms with Crippen molar-refractivity contribution >= 4 is 17.5 Å². The van der Waals surface area contributed by atoms with E-state index < -0.39 is 10.9 Å². The predicted molar refractivity (Wildman–Crippen MR) is 58.0 cm³/mol. The van der Waals surface area contributed by atoms with Gasteiger partial charge in [0, 0.05) is 19.2 Å². The standard InChI is InChI=1S/C9H11N3O5/c13-3-1-2-10-8-7(9(14)15)4-6(5-11-8)12(16)17/h4-5,13H,1-3H2,(H,10,11)(H,14,15). The molecule has 0 unspecified atom stereocenters. The number of nitrogens with zero attached hydrogens (tertiary/aromatic N) is 2. The average Bonchev–Trinajstić information content (AvgIpc) is 2.29. The number of aliphatic hydroxyl groups is 1. The van der Waals surface area contributed by atoms with Crippen LogP contribution in [0.4, 0.5) is 11.5 Å². The number of hydrogen-bond acceptors (Lipinski definition) is 6. The van der Waals surface area contributed by atoms with E-state index in [1.165, 1.54) is 0 Å². The Morgan fingerprint density at radius 2 is 2.29 bits per heavy atom. The number of carboxylic acid groups (broad SMARTS) is 1. The number of carbonyl (C=O) groups is 1. The van der Waals surface area contributed by atoms with Gasteiger partial charge in [0.1, 0.15) is 17.6 Å². The highest BCUT2D eigenvalue weighted by Crippen LogP contribution is 2.18. The Balaban J connectivity index is 2.96. The lowest BCUT2D eigenvalue weighted by molar-refractivity contribution is -0.385. The van der Waals surface area contributed by atoms with Crippen LogP contribution in [0.15, 0.2) is 12.3 Å². The molecule has 0 aliphatic carbocycles. The summed E-state index contributed by atoms with van der Waals surface area (Å²) in [4.78, 5) is 24.3. The van der Waals surface area contributed by atoms with Crippen LogP contribution < -0.4 is 5.32 Å². The number of anilines is 1. The van der Waals surface area contributed by atoms with Gasteiger partial charge in [0.2, 0.25) is 0 Å². The number of rotatable bonds is 6. The zero-order valence-electron chi connectivity index (χ0n) is 8.79. The predicted octanol–water partition coefficient (Wildman–Crippen LogP) is 0.482.